The average molecular weight is 396 g/mol. The monoisotopic (exact) mass is 396 g/mol. The number of ether oxygens (including phenoxy) is 2. The summed E-state index contributed by atoms with van der Waals surface area (Å²) in [6.07, 6.45) is 0. The summed E-state index contributed by atoms with van der Waals surface area (Å²) < 4.78 is 12.0. The van der Waals surface area contributed by atoms with Gasteiger partial charge in [0.2, 0.25) is 0 Å². The molecule has 2 aromatic heterocycles. The number of carbonyl (C=O) groups is 1. The number of hydrogen-bond acceptors (Lipinski definition) is 7. The number of H-pyrrole nitrogens is 2. The number of hydrogen-bond donors (Lipinski definition) is 3. The molecule has 9 nitrogen and oxygen atoms in total. The fourth-order valence-corrected chi connectivity index (χ4v) is 3.88. The van der Waals surface area contributed by atoms with Crippen molar-refractivity contribution in [2.24, 2.45) is 0 Å². The number of fused-ring (bicyclic) bond motifs is 3. The van der Waals surface area contributed by atoms with Crippen molar-refractivity contribution in [2.75, 3.05) is 18.5 Å². The number of carbonyl (C=O) groups excluding carboxylic acids is 1. The van der Waals surface area contributed by atoms with Crippen molar-refractivity contribution < 1.29 is 14.3 Å². The first kappa shape index (κ1) is 16.5. The second-order valence-corrected chi connectivity index (χ2v) is 7.14. The Bertz CT molecular complexity index is 1330. The second kappa shape index (κ2) is 6.20. The van der Waals surface area contributed by atoms with Crippen molar-refractivity contribution in [3.8, 4) is 11.5 Å². The third-order valence-electron chi connectivity index (χ3n) is 4.33. The van der Waals surface area contributed by atoms with Crippen LogP contribution in [0.2, 0.25) is 0 Å². The van der Waals surface area contributed by atoms with Crippen LogP contribution in [0.15, 0.2) is 39.9 Å². The molecule has 5 rings (SSSR count). The predicted molar refractivity (Wildman–Crippen MR) is 104 cm³/mol. The Morgan fingerprint density at radius 1 is 1.00 bits per heavy atom. The number of thiazole rings is 1. The smallest absolute Gasteiger partial charge is 0.270 e. The highest BCUT2D eigenvalue weighted by molar-refractivity contribution is 7.22. The van der Waals surface area contributed by atoms with Gasteiger partial charge in [0.25, 0.3) is 17.0 Å². The van der Waals surface area contributed by atoms with Gasteiger partial charge in [-0.15, -0.1) is 0 Å². The predicted octanol–water partition coefficient (Wildman–Crippen LogP) is 1.85. The van der Waals surface area contributed by atoms with Gasteiger partial charge in [0, 0.05) is 17.7 Å². The summed E-state index contributed by atoms with van der Waals surface area (Å²) in [7, 11) is 0. The molecule has 0 radical (unpaired) electrons. The highest BCUT2D eigenvalue weighted by atomic mass is 32.1. The number of anilines is 1. The van der Waals surface area contributed by atoms with E-state index in [1.807, 2.05) is 6.07 Å². The van der Waals surface area contributed by atoms with Crippen molar-refractivity contribution in [1.29, 1.82) is 0 Å². The van der Waals surface area contributed by atoms with E-state index in [2.05, 4.69) is 20.5 Å². The minimum absolute atomic E-state index is 0.141. The van der Waals surface area contributed by atoms with Crippen LogP contribution in [0.5, 0.6) is 11.5 Å². The molecule has 3 N–H and O–H groups in total. The number of rotatable bonds is 2. The van der Waals surface area contributed by atoms with Gasteiger partial charge in [-0.3, -0.25) is 29.9 Å². The molecular formula is C18H12N4O5S. The van der Waals surface area contributed by atoms with Crippen LogP contribution in [-0.4, -0.2) is 34.3 Å². The summed E-state index contributed by atoms with van der Waals surface area (Å²) in [5.74, 6) is 0.845. The summed E-state index contributed by atoms with van der Waals surface area (Å²) in [5.41, 5.74) is 0.0239. The largest absolute Gasteiger partial charge is 0.486 e. The summed E-state index contributed by atoms with van der Waals surface area (Å²) in [4.78, 5) is 40.7. The maximum atomic E-state index is 12.6. The summed E-state index contributed by atoms with van der Waals surface area (Å²) >= 11 is 1.30. The zero-order valence-electron chi connectivity index (χ0n) is 14.2. The van der Waals surface area contributed by atoms with Crippen LogP contribution in [0, 0.1) is 0 Å². The van der Waals surface area contributed by atoms with Crippen molar-refractivity contribution in [1.82, 2.24) is 15.2 Å². The first-order valence-electron chi connectivity index (χ1n) is 8.35. The van der Waals surface area contributed by atoms with Gasteiger partial charge in [0.15, 0.2) is 16.6 Å². The lowest BCUT2D eigenvalue weighted by atomic mass is 10.1. The molecule has 1 aliphatic heterocycles. The second-order valence-electron chi connectivity index (χ2n) is 6.11. The van der Waals surface area contributed by atoms with Gasteiger partial charge < -0.3 is 9.47 Å². The Balaban J connectivity index is 1.48. The van der Waals surface area contributed by atoms with Gasteiger partial charge in [0.05, 0.1) is 21.0 Å². The number of benzene rings is 2. The molecule has 0 bridgehead atoms. The van der Waals surface area contributed by atoms with Crippen LogP contribution in [0.4, 0.5) is 5.13 Å². The van der Waals surface area contributed by atoms with Crippen molar-refractivity contribution in [3.63, 3.8) is 0 Å². The molecule has 0 fully saturated rings. The first-order valence-corrected chi connectivity index (χ1v) is 9.16. The first-order chi connectivity index (χ1) is 13.6. The molecule has 4 aromatic rings. The maximum Gasteiger partial charge on any atom is 0.270 e. The SMILES string of the molecule is O=C(Nc1nc2cc3c(cc2s1)OCCO3)c1ccc2c(=O)[nH][nH]c(=O)c2c1. The van der Waals surface area contributed by atoms with Gasteiger partial charge in [-0.1, -0.05) is 11.3 Å². The number of aromatic amines is 2. The Morgan fingerprint density at radius 3 is 2.50 bits per heavy atom. The third kappa shape index (κ3) is 2.70. The van der Waals surface area contributed by atoms with Crippen molar-refractivity contribution >= 4 is 43.4 Å². The van der Waals surface area contributed by atoms with E-state index >= 15 is 0 Å². The van der Waals surface area contributed by atoms with Crippen LogP contribution in [-0.2, 0) is 0 Å². The molecule has 0 aliphatic carbocycles. The van der Waals surface area contributed by atoms with Crippen LogP contribution >= 0.6 is 11.3 Å². The van der Waals surface area contributed by atoms with Crippen molar-refractivity contribution in [3.05, 3.63) is 56.6 Å². The van der Waals surface area contributed by atoms with Gasteiger partial charge in [0.1, 0.15) is 13.2 Å². The Hall–Kier alpha value is -3.66. The van der Waals surface area contributed by atoms with Gasteiger partial charge >= 0.3 is 0 Å². The summed E-state index contributed by atoms with van der Waals surface area (Å²) in [6, 6.07) is 7.92. The molecule has 0 unspecified atom stereocenters. The molecule has 1 amide bonds. The molecule has 0 saturated carbocycles. The van der Waals surface area contributed by atoms with E-state index in [0.717, 1.165) is 4.70 Å². The Kier molecular flexibility index (Phi) is 3.66. The van der Waals surface area contributed by atoms with Crippen LogP contribution in [0.1, 0.15) is 10.4 Å². The highest BCUT2D eigenvalue weighted by Crippen LogP contribution is 2.37. The molecule has 0 saturated heterocycles. The van der Waals surface area contributed by atoms with Crippen molar-refractivity contribution in [2.45, 2.75) is 0 Å². The fourth-order valence-electron chi connectivity index (χ4n) is 3.01. The molecular weight excluding hydrogens is 384 g/mol. The normalized spacial score (nSPS) is 13.0. The highest BCUT2D eigenvalue weighted by Gasteiger charge is 2.17. The number of nitrogens with zero attached hydrogens (tertiary/aromatic N) is 1. The Morgan fingerprint density at radius 2 is 1.71 bits per heavy atom. The molecule has 140 valence electrons. The van der Waals surface area contributed by atoms with E-state index in [-0.39, 0.29) is 16.3 Å². The van der Waals surface area contributed by atoms with Crippen LogP contribution in [0.25, 0.3) is 21.0 Å². The maximum absolute atomic E-state index is 12.6. The number of amides is 1. The van der Waals surface area contributed by atoms with E-state index in [9.17, 15) is 14.4 Å². The van der Waals surface area contributed by atoms with E-state index in [4.69, 9.17) is 9.47 Å². The van der Waals surface area contributed by atoms with Crippen LogP contribution < -0.4 is 25.9 Å². The lowest BCUT2D eigenvalue weighted by Gasteiger charge is -2.17. The van der Waals surface area contributed by atoms with Gasteiger partial charge in [-0.25, -0.2) is 4.98 Å². The molecule has 10 heteroatoms. The molecule has 3 heterocycles. The third-order valence-corrected chi connectivity index (χ3v) is 5.27. The average Bonchev–Trinajstić information content (AvgIpc) is 3.09. The molecule has 1 aliphatic rings. The number of nitrogens with one attached hydrogen (secondary N) is 3. The summed E-state index contributed by atoms with van der Waals surface area (Å²) in [6.45, 7) is 0.973. The lowest BCUT2D eigenvalue weighted by Crippen LogP contribution is -2.20. The zero-order valence-corrected chi connectivity index (χ0v) is 15.0. The molecule has 0 spiro atoms. The van der Waals surface area contributed by atoms with Crippen LogP contribution in [0.3, 0.4) is 0 Å². The van der Waals surface area contributed by atoms with E-state index < -0.39 is 17.0 Å². The van der Waals surface area contributed by atoms with Gasteiger partial charge in [-0.2, -0.15) is 0 Å². The fraction of sp³-hybridized carbons (Fsp3) is 0.111. The Labute approximate surface area is 159 Å². The quantitative estimate of drug-likeness (QED) is 0.475. The van der Waals surface area contributed by atoms with E-state index in [1.165, 1.54) is 29.5 Å². The molecule has 0 atom stereocenters. The standard InChI is InChI=1S/C18H12N4O5S/c23-15(8-1-2-9-10(5-8)17(25)22-21-16(9)24)20-18-19-11-6-12-13(7-14(11)28-18)27-4-3-26-12/h1-2,5-7H,3-4H2,(H,21,24)(H,22,25)(H,19,20,23). The minimum atomic E-state index is -0.477. The molecule has 28 heavy (non-hydrogen) atoms. The van der Waals surface area contributed by atoms with E-state index in [0.29, 0.717) is 35.4 Å². The molecule has 2 aromatic carbocycles. The minimum Gasteiger partial charge on any atom is -0.486 e. The topological polar surface area (TPSA) is 126 Å². The van der Waals surface area contributed by atoms with E-state index in [1.54, 1.807) is 6.07 Å². The lowest BCUT2D eigenvalue weighted by molar-refractivity contribution is 0.102. The number of aromatic nitrogens is 3. The summed E-state index contributed by atoms with van der Waals surface area (Å²) in [5, 5.41) is 7.98. The zero-order chi connectivity index (χ0) is 19.3. The van der Waals surface area contributed by atoms with Gasteiger partial charge in [-0.05, 0) is 18.2 Å².